The summed E-state index contributed by atoms with van der Waals surface area (Å²) < 4.78 is 6.25. The van der Waals surface area contributed by atoms with E-state index < -0.39 is 8.32 Å². The van der Waals surface area contributed by atoms with E-state index in [2.05, 4.69) is 47.7 Å². The van der Waals surface area contributed by atoms with Gasteiger partial charge in [0.1, 0.15) is 0 Å². The number of hydrogen-bond donors (Lipinski definition) is 2. The number of nitrogens with two attached hydrogens (primary N) is 1. The Morgan fingerprint density at radius 3 is 2.06 bits per heavy atom. The Labute approximate surface area is 114 Å². The highest BCUT2D eigenvalue weighted by molar-refractivity contribution is 6.74. The lowest BCUT2D eigenvalue weighted by Gasteiger charge is -2.39. The normalized spacial score (nSPS) is 15.8. The Kier molecular flexibility index (Phi) is 6.54. The minimum Gasteiger partial charge on any atom is -0.416 e. The fraction of sp³-hybridized carbons (Fsp3) is 1.00. The molecule has 0 saturated carbocycles. The van der Waals surface area contributed by atoms with Crippen LogP contribution < -0.4 is 5.73 Å². The highest BCUT2D eigenvalue weighted by Gasteiger charge is 2.38. The van der Waals surface area contributed by atoms with Gasteiger partial charge in [-0.1, -0.05) is 34.6 Å². The Morgan fingerprint density at radius 2 is 1.67 bits per heavy atom. The SMILES string of the molecule is CC(C)(CCC(O)CN)CO[Si](C)(C)C(C)(C)C. The molecule has 0 aliphatic rings. The van der Waals surface area contributed by atoms with Gasteiger partial charge in [-0.15, -0.1) is 0 Å². The van der Waals surface area contributed by atoms with Crippen LogP contribution in [0.25, 0.3) is 0 Å². The second-order valence-electron chi connectivity index (χ2n) is 7.64. The molecule has 4 heteroatoms. The van der Waals surface area contributed by atoms with Crippen molar-refractivity contribution < 1.29 is 9.53 Å². The van der Waals surface area contributed by atoms with E-state index in [0.717, 1.165) is 19.4 Å². The van der Waals surface area contributed by atoms with Crippen LogP contribution in [0.3, 0.4) is 0 Å². The summed E-state index contributed by atoms with van der Waals surface area (Å²) in [7, 11) is -1.67. The van der Waals surface area contributed by atoms with Crippen molar-refractivity contribution in [1.82, 2.24) is 0 Å². The smallest absolute Gasteiger partial charge is 0.192 e. The van der Waals surface area contributed by atoms with Crippen LogP contribution in [0, 0.1) is 5.41 Å². The summed E-state index contributed by atoms with van der Waals surface area (Å²) in [6.45, 7) is 16.8. The third-order valence-corrected chi connectivity index (χ3v) is 8.53. The van der Waals surface area contributed by atoms with Crippen molar-refractivity contribution in [3.63, 3.8) is 0 Å². The summed E-state index contributed by atoms with van der Waals surface area (Å²) in [4.78, 5) is 0. The van der Waals surface area contributed by atoms with Gasteiger partial charge in [0.2, 0.25) is 0 Å². The maximum absolute atomic E-state index is 9.52. The molecule has 0 spiro atoms. The molecule has 0 rings (SSSR count). The standard InChI is InChI=1S/C14H33NO2Si/c1-13(2,3)18(6,7)17-11-14(4,5)9-8-12(16)10-15/h12,16H,8-11,15H2,1-7H3. The van der Waals surface area contributed by atoms with Crippen LogP contribution in [0.1, 0.15) is 47.5 Å². The van der Waals surface area contributed by atoms with Gasteiger partial charge >= 0.3 is 0 Å². The molecule has 3 nitrogen and oxygen atoms in total. The molecule has 0 heterocycles. The molecule has 0 aliphatic heterocycles. The minimum absolute atomic E-state index is 0.103. The first kappa shape index (κ1) is 18.1. The molecule has 18 heavy (non-hydrogen) atoms. The van der Waals surface area contributed by atoms with Gasteiger partial charge in [-0.2, -0.15) is 0 Å². The van der Waals surface area contributed by atoms with Crippen LogP contribution in [0.2, 0.25) is 18.1 Å². The molecule has 0 aromatic heterocycles. The number of aliphatic hydroxyl groups is 1. The van der Waals surface area contributed by atoms with Crippen LogP contribution in [0.4, 0.5) is 0 Å². The second-order valence-corrected chi connectivity index (χ2v) is 12.5. The maximum atomic E-state index is 9.52. The fourth-order valence-electron chi connectivity index (χ4n) is 1.34. The molecule has 3 N–H and O–H groups in total. The molecule has 1 atom stereocenters. The lowest BCUT2D eigenvalue weighted by molar-refractivity contribution is 0.114. The summed E-state index contributed by atoms with van der Waals surface area (Å²) in [5.74, 6) is 0. The van der Waals surface area contributed by atoms with E-state index in [4.69, 9.17) is 10.2 Å². The zero-order valence-corrected chi connectivity index (χ0v) is 14.3. The fourth-order valence-corrected chi connectivity index (χ4v) is 2.52. The molecule has 110 valence electrons. The first-order valence-electron chi connectivity index (χ1n) is 6.93. The molecule has 0 aliphatic carbocycles. The van der Waals surface area contributed by atoms with Crippen molar-refractivity contribution in [2.24, 2.45) is 11.1 Å². The van der Waals surface area contributed by atoms with Gasteiger partial charge in [-0.25, -0.2) is 0 Å². The van der Waals surface area contributed by atoms with Crippen molar-refractivity contribution in [2.75, 3.05) is 13.2 Å². The molecule has 0 amide bonds. The first-order valence-corrected chi connectivity index (χ1v) is 9.84. The number of rotatable bonds is 7. The molecular formula is C14H33NO2Si. The molecule has 0 saturated heterocycles. The largest absolute Gasteiger partial charge is 0.416 e. The molecule has 0 bridgehead atoms. The summed E-state index contributed by atoms with van der Waals surface area (Å²) in [6, 6.07) is 0. The molecule has 0 aromatic rings. The monoisotopic (exact) mass is 275 g/mol. The Morgan fingerprint density at radius 1 is 1.17 bits per heavy atom. The maximum Gasteiger partial charge on any atom is 0.192 e. The summed E-state index contributed by atoms with van der Waals surface area (Å²) in [5.41, 5.74) is 5.53. The van der Waals surface area contributed by atoms with Crippen LogP contribution in [-0.4, -0.2) is 32.7 Å². The summed E-state index contributed by atoms with van der Waals surface area (Å²) in [5, 5.41) is 9.77. The van der Waals surface area contributed by atoms with Crippen molar-refractivity contribution in [2.45, 2.75) is 71.7 Å². The van der Waals surface area contributed by atoms with E-state index in [1.807, 2.05) is 0 Å². The third kappa shape index (κ3) is 6.32. The van der Waals surface area contributed by atoms with Gasteiger partial charge in [0, 0.05) is 13.2 Å². The molecular weight excluding hydrogens is 242 g/mol. The Hall–Kier alpha value is 0.0969. The third-order valence-electron chi connectivity index (χ3n) is 4.06. The van der Waals surface area contributed by atoms with Crippen LogP contribution in [0.5, 0.6) is 0 Å². The van der Waals surface area contributed by atoms with Gasteiger partial charge < -0.3 is 15.3 Å². The van der Waals surface area contributed by atoms with Crippen molar-refractivity contribution >= 4 is 8.32 Å². The number of hydrogen-bond acceptors (Lipinski definition) is 3. The summed E-state index contributed by atoms with van der Waals surface area (Å²) >= 11 is 0. The zero-order chi connectivity index (χ0) is 14.6. The average molecular weight is 276 g/mol. The second kappa shape index (κ2) is 6.50. The van der Waals surface area contributed by atoms with Crippen molar-refractivity contribution in [1.29, 1.82) is 0 Å². The quantitative estimate of drug-likeness (QED) is 0.702. The van der Waals surface area contributed by atoms with Crippen LogP contribution in [0.15, 0.2) is 0 Å². The zero-order valence-electron chi connectivity index (χ0n) is 13.3. The van der Waals surface area contributed by atoms with Gasteiger partial charge in [0.25, 0.3) is 0 Å². The number of aliphatic hydroxyl groups excluding tert-OH is 1. The van der Waals surface area contributed by atoms with E-state index in [9.17, 15) is 5.11 Å². The van der Waals surface area contributed by atoms with Crippen molar-refractivity contribution in [3.8, 4) is 0 Å². The first-order chi connectivity index (χ1) is 7.91. The summed E-state index contributed by atoms with van der Waals surface area (Å²) in [6.07, 6.45) is 1.32. The lowest BCUT2D eigenvalue weighted by Crippen LogP contribution is -2.43. The molecule has 1 unspecified atom stereocenters. The Balaban J connectivity index is 4.26. The highest BCUT2D eigenvalue weighted by atomic mass is 28.4. The molecule has 0 fully saturated rings. The van der Waals surface area contributed by atoms with Gasteiger partial charge in [-0.05, 0) is 36.4 Å². The minimum atomic E-state index is -1.67. The highest BCUT2D eigenvalue weighted by Crippen LogP contribution is 2.38. The van der Waals surface area contributed by atoms with Gasteiger partial charge in [-0.3, -0.25) is 0 Å². The van der Waals surface area contributed by atoms with E-state index >= 15 is 0 Å². The Bertz CT molecular complexity index is 247. The topological polar surface area (TPSA) is 55.5 Å². The van der Waals surface area contributed by atoms with Gasteiger partial charge in [0.15, 0.2) is 8.32 Å². The van der Waals surface area contributed by atoms with Crippen LogP contribution in [-0.2, 0) is 4.43 Å². The molecule has 0 aromatic carbocycles. The molecule has 0 radical (unpaired) electrons. The van der Waals surface area contributed by atoms with E-state index in [1.54, 1.807) is 0 Å². The van der Waals surface area contributed by atoms with Gasteiger partial charge in [0.05, 0.1) is 6.10 Å². The van der Waals surface area contributed by atoms with E-state index in [1.165, 1.54) is 0 Å². The predicted molar refractivity (Wildman–Crippen MR) is 81.2 cm³/mol. The average Bonchev–Trinajstić information content (AvgIpc) is 2.22. The van der Waals surface area contributed by atoms with Crippen molar-refractivity contribution in [3.05, 3.63) is 0 Å². The van der Waals surface area contributed by atoms with Crippen LogP contribution >= 0.6 is 0 Å². The van der Waals surface area contributed by atoms with E-state index in [-0.39, 0.29) is 16.6 Å². The lowest BCUT2D eigenvalue weighted by atomic mass is 9.88. The predicted octanol–water partition coefficient (Wildman–Crippen LogP) is 3.13. The van der Waals surface area contributed by atoms with E-state index in [0.29, 0.717) is 6.54 Å².